The molecule has 7 nitrogen and oxygen atoms in total. The number of anilines is 1. The molecule has 2 N–H and O–H groups in total. The highest BCUT2D eigenvalue weighted by Gasteiger charge is 2.37. The summed E-state index contributed by atoms with van der Waals surface area (Å²) in [6.45, 7) is 1.94. The second-order valence-electron chi connectivity index (χ2n) is 6.74. The molecule has 0 bridgehead atoms. The average molecular weight is 364 g/mol. The molecule has 27 heavy (non-hydrogen) atoms. The zero-order chi connectivity index (χ0) is 19.0. The lowest BCUT2D eigenvalue weighted by atomic mass is 10.00. The van der Waals surface area contributed by atoms with Gasteiger partial charge in [-0.3, -0.25) is 4.79 Å². The van der Waals surface area contributed by atoms with Crippen molar-refractivity contribution in [3.05, 3.63) is 48.5 Å². The Morgan fingerprint density at radius 1 is 1.26 bits per heavy atom. The van der Waals surface area contributed by atoms with E-state index in [4.69, 9.17) is 19.9 Å². The summed E-state index contributed by atoms with van der Waals surface area (Å²) in [5, 5.41) is 17.3. The van der Waals surface area contributed by atoms with Crippen molar-refractivity contribution in [1.29, 1.82) is 0 Å². The van der Waals surface area contributed by atoms with E-state index in [1.54, 1.807) is 11.8 Å². The Balaban J connectivity index is 1.85. The fourth-order valence-corrected chi connectivity index (χ4v) is 3.36. The van der Waals surface area contributed by atoms with Crippen LogP contribution in [0.3, 0.4) is 0 Å². The Labute approximate surface area is 156 Å². The molecule has 1 unspecified atom stereocenters. The highest BCUT2D eigenvalue weighted by Crippen LogP contribution is 2.40. The first kappa shape index (κ1) is 17.1. The molecule has 0 saturated heterocycles. The van der Waals surface area contributed by atoms with Crippen LogP contribution in [0.2, 0.25) is 0 Å². The van der Waals surface area contributed by atoms with E-state index in [0.29, 0.717) is 12.2 Å². The van der Waals surface area contributed by atoms with Crippen LogP contribution in [-0.4, -0.2) is 33.0 Å². The summed E-state index contributed by atoms with van der Waals surface area (Å²) in [7, 11) is 1.62. The lowest BCUT2D eigenvalue weighted by molar-refractivity contribution is -0.137. The van der Waals surface area contributed by atoms with Crippen molar-refractivity contribution in [2.24, 2.45) is 0 Å². The van der Waals surface area contributed by atoms with Crippen molar-refractivity contribution in [2.45, 2.75) is 25.4 Å². The summed E-state index contributed by atoms with van der Waals surface area (Å²) < 4.78 is 7.10. The van der Waals surface area contributed by atoms with Crippen LogP contribution in [0.4, 0.5) is 5.69 Å². The van der Waals surface area contributed by atoms with Crippen LogP contribution in [0.1, 0.15) is 19.8 Å². The lowest BCUT2D eigenvalue weighted by Gasteiger charge is -2.37. The molecule has 0 fully saturated rings. The summed E-state index contributed by atoms with van der Waals surface area (Å²) >= 11 is 0. The monoisotopic (exact) mass is 364 g/mol. The fourth-order valence-electron chi connectivity index (χ4n) is 3.36. The molecule has 0 radical (unpaired) electrons. The fraction of sp³-hybridized carbons (Fsp3) is 0.250. The lowest BCUT2D eigenvalue weighted by Crippen LogP contribution is -2.43. The molecule has 1 atom stereocenters. The number of hydrogen-bond donors (Lipinski definition) is 2. The van der Waals surface area contributed by atoms with Crippen LogP contribution in [0, 0.1) is 0 Å². The van der Waals surface area contributed by atoms with Gasteiger partial charge in [0.15, 0.2) is 11.6 Å². The average Bonchev–Trinajstić information content (AvgIpc) is 3.14. The summed E-state index contributed by atoms with van der Waals surface area (Å²) in [6.07, 6.45) is 0.407. The van der Waals surface area contributed by atoms with Gasteiger partial charge in [-0.25, -0.2) is 9.67 Å². The van der Waals surface area contributed by atoms with Gasteiger partial charge in [-0.1, -0.05) is 24.3 Å². The maximum Gasteiger partial charge on any atom is 0.303 e. The maximum atomic E-state index is 11.2. The molecule has 4 rings (SSSR count). The minimum absolute atomic E-state index is 0.0272. The number of nitrogens with one attached hydrogen (secondary N) is 1. The Hall–Kier alpha value is -3.35. The van der Waals surface area contributed by atoms with Crippen LogP contribution in [0.15, 0.2) is 48.5 Å². The number of methoxy groups -OCH3 is 1. The van der Waals surface area contributed by atoms with E-state index in [9.17, 15) is 4.79 Å². The molecule has 0 spiro atoms. The molecule has 2 aromatic carbocycles. The van der Waals surface area contributed by atoms with Gasteiger partial charge >= 0.3 is 5.97 Å². The minimum atomic E-state index is -0.841. The van der Waals surface area contributed by atoms with Crippen molar-refractivity contribution >= 4 is 11.7 Å². The molecule has 2 heterocycles. The second-order valence-corrected chi connectivity index (χ2v) is 6.74. The molecule has 3 aromatic rings. The predicted molar refractivity (Wildman–Crippen MR) is 102 cm³/mol. The van der Waals surface area contributed by atoms with E-state index in [-0.39, 0.29) is 6.42 Å². The Kier molecular flexibility index (Phi) is 4.07. The molecule has 1 aliphatic heterocycles. The molecule has 138 valence electrons. The largest absolute Gasteiger partial charge is 0.497 e. The van der Waals surface area contributed by atoms with Gasteiger partial charge in [0.05, 0.1) is 7.11 Å². The molecule has 0 saturated carbocycles. The van der Waals surface area contributed by atoms with Crippen molar-refractivity contribution in [3.63, 3.8) is 0 Å². The summed E-state index contributed by atoms with van der Waals surface area (Å²) in [5.74, 6) is 1.18. The van der Waals surface area contributed by atoms with Crippen LogP contribution >= 0.6 is 0 Å². The van der Waals surface area contributed by atoms with Gasteiger partial charge in [0.1, 0.15) is 11.4 Å². The van der Waals surface area contributed by atoms with Gasteiger partial charge in [-0.15, -0.1) is 5.10 Å². The summed E-state index contributed by atoms with van der Waals surface area (Å²) in [5.41, 5.74) is 2.01. The standard InChI is InChI=1S/C20H20N4O3/c1-20(11-10-17(25)26)22-16-9-4-3-8-15(16)19-21-18(23-24(19)20)13-6-5-7-14(12-13)27-2/h3-9,12,22H,10-11H2,1-2H3,(H,25,26). The van der Waals surface area contributed by atoms with Crippen molar-refractivity contribution in [2.75, 3.05) is 12.4 Å². The molecular formula is C20H20N4O3. The van der Waals surface area contributed by atoms with E-state index in [1.807, 2.05) is 55.5 Å². The number of carboxylic acids is 1. The first-order chi connectivity index (χ1) is 13.0. The Morgan fingerprint density at radius 2 is 2.07 bits per heavy atom. The smallest absolute Gasteiger partial charge is 0.303 e. The third-order valence-corrected chi connectivity index (χ3v) is 4.80. The molecule has 7 heteroatoms. The van der Waals surface area contributed by atoms with Gasteiger partial charge in [0.25, 0.3) is 0 Å². The zero-order valence-electron chi connectivity index (χ0n) is 15.1. The first-order valence-electron chi connectivity index (χ1n) is 8.71. The van der Waals surface area contributed by atoms with Gasteiger partial charge < -0.3 is 15.2 Å². The number of aliphatic carboxylic acids is 1. The third kappa shape index (κ3) is 3.01. The first-order valence-corrected chi connectivity index (χ1v) is 8.71. The quantitative estimate of drug-likeness (QED) is 0.719. The Bertz CT molecular complexity index is 1010. The number of aromatic nitrogens is 3. The van der Waals surface area contributed by atoms with Crippen molar-refractivity contribution in [1.82, 2.24) is 14.8 Å². The highest BCUT2D eigenvalue weighted by atomic mass is 16.5. The van der Waals surface area contributed by atoms with E-state index >= 15 is 0 Å². The van der Waals surface area contributed by atoms with Crippen LogP contribution in [0.25, 0.3) is 22.8 Å². The molecule has 1 aliphatic rings. The predicted octanol–water partition coefficient (Wildman–Crippen LogP) is 3.58. The minimum Gasteiger partial charge on any atom is -0.497 e. The van der Waals surface area contributed by atoms with E-state index in [1.165, 1.54) is 0 Å². The topological polar surface area (TPSA) is 89.3 Å². The summed E-state index contributed by atoms with van der Waals surface area (Å²) in [6, 6.07) is 15.4. The van der Waals surface area contributed by atoms with Gasteiger partial charge in [-0.05, 0) is 31.2 Å². The Morgan fingerprint density at radius 3 is 2.85 bits per heavy atom. The van der Waals surface area contributed by atoms with Crippen LogP contribution in [-0.2, 0) is 10.5 Å². The maximum absolute atomic E-state index is 11.2. The van der Waals surface area contributed by atoms with Gasteiger partial charge in [0, 0.05) is 29.7 Å². The third-order valence-electron chi connectivity index (χ3n) is 4.80. The zero-order valence-corrected chi connectivity index (χ0v) is 15.1. The number of benzene rings is 2. The van der Waals surface area contributed by atoms with Crippen molar-refractivity contribution < 1.29 is 14.6 Å². The number of rotatable bonds is 5. The van der Waals surface area contributed by atoms with E-state index in [0.717, 1.165) is 28.4 Å². The number of fused-ring (bicyclic) bond motifs is 3. The van der Waals surface area contributed by atoms with Crippen molar-refractivity contribution in [3.8, 4) is 28.5 Å². The molecule has 0 amide bonds. The molecule has 1 aromatic heterocycles. The van der Waals surface area contributed by atoms with Gasteiger partial charge in [0.2, 0.25) is 0 Å². The van der Waals surface area contributed by atoms with Crippen LogP contribution < -0.4 is 10.1 Å². The van der Waals surface area contributed by atoms with E-state index < -0.39 is 11.6 Å². The number of nitrogens with zero attached hydrogens (tertiary/aromatic N) is 3. The molecule has 0 aliphatic carbocycles. The van der Waals surface area contributed by atoms with E-state index in [2.05, 4.69) is 5.32 Å². The number of carboxylic acid groups (broad SMARTS) is 1. The molecular weight excluding hydrogens is 344 g/mol. The number of hydrogen-bond acceptors (Lipinski definition) is 5. The number of carbonyl (C=O) groups is 1. The number of para-hydroxylation sites is 1. The normalized spacial score (nSPS) is 17.6. The highest BCUT2D eigenvalue weighted by molar-refractivity contribution is 5.78. The number of ether oxygens (including phenoxy) is 1. The summed E-state index contributed by atoms with van der Waals surface area (Å²) in [4.78, 5) is 15.9. The van der Waals surface area contributed by atoms with Crippen LogP contribution in [0.5, 0.6) is 5.75 Å². The SMILES string of the molecule is COc1cccc(-c2nc3n(n2)C(C)(CCC(=O)O)Nc2ccccc2-3)c1. The van der Waals surface area contributed by atoms with Gasteiger partial charge in [-0.2, -0.15) is 0 Å². The second kappa shape index (κ2) is 6.42.